The minimum atomic E-state index is -0.132. The van der Waals surface area contributed by atoms with Gasteiger partial charge < -0.3 is 10.2 Å². The van der Waals surface area contributed by atoms with Gasteiger partial charge in [0.15, 0.2) is 0 Å². The summed E-state index contributed by atoms with van der Waals surface area (Å²) in [6.45, 7) is 2.17. The van der Waals surface area contributed by atoms with Crippen molar-refractivity contribution in [3.63, 3.8) is 0 Å². The van der Waals surface area contributed by atoms with Crippen molar-refractivity contribution in [1.82, 2.24) is 14.5 Å². The zero-order valence-corrected chi connectivity index (χ0v) is 19.3. The minimum Gasteiger partial charge on any atom is -0.372 e. The van der Waals surface area contributed by atoms with Crippen molar-refractivity contribution >= 4 is 28.3 Å². The molecule has 6 nitrogen and oxygen atoms in total. The second-order valence-corrected chi connectivity index (χ2v) is 8.75. The van der Waals surface area contributed by atoms with Crippen molar-refractivity contribution in [1.29, 1.82) is 0 Å². The molecule has 3 heterocycles. The number of hydrogen-bond donors (Lipinski definition) is 1. The van der Waals surface area contributed by atoms with Crippen molar-refractivity contribution in [2.75, 3.05) is 23.3 Å². The van der Waals surface area contributed by atoms with E-state index in [2.05, 4.69) is 19.8 Å². The van der Waals surface area contributed by atoms with E-state index < -0.39 is 0 Å². The molecule has 6 heteroatoms. The van der Waals surface area contributed by atoms with Crippen LogP contribution in [0.3, 0.4) is 0 Å². The number of amides is 1. The standard InChI is InChI=1S/C29H25N5O/c35-29(22-10-13-24(14-11-22)33-17-4-5-18-33)31-23-12-15-27-26(19-23)32-28(21-7-2-1-3-8-21)34(27)25-9-6-16-30-20-25/h1-3,6-16,19-20H,4-5,17-18H2,(H,31,35). The Hall–Kier alpha value is -4.45. The second kappa shape index (κ2) is 9.06. The van der Waals surface area contributed by atoms with E-state index in [4.69, 9.17) is 4.98 Å². The first-order valence-corrected chi connectivity index (χ1v) is 11.9. The van der Waals surface area contributed by atoms with Gasteiger partial charge in [-0.1, -0.05) is 30.3 Å². The number of imidazole rings is 1. The Morgan fingerprint density at radius 3 is 2.37 bits per heavy atom. The SMILES string of the molecule is O=C(Nc1ccc2c(c1)nc(-c1ccccc1)n2-c1cccnc1)c1ccc(N2CCCC2)cc1. The summed E-state index contributed by atoms with van der Waals surface area (Å²) in [6, 6.07) is 27.7. The van der Waals surface area contributed by atoms with Crippen molar-refractivity contribution in [3.8, 4) is 17.1 Å². The summed E-state index contributed by atoms with van der Waals surface area (Å²) < 4.78 is 2.10. The van der Waals surface area contributed by atoms with E-state index >= 15 is 0 Å². The number of hydrogen-bond acceptors (Lipinski definition) is 4. The van der Waals surface area contributed by atoms with E-state index in [0.717, 1.165) is 41.2 Å². The van der Waals surface area contributed by atoms with Crippen LogP contribution in [0.15, 0.2) is 97.3 Å². The lowest BCUT2D eigenvalue weighted by molar-refractivity contribution is 0.102. The van der Waals surface area contributed by atoms with E-state index in [-0.39, 0.29) is 5.91 Å². The number of benzene rings is 3. The van der Waals surface area contributed by atoms with Crippen LogP contribution in [-0.2, 0) is 0 Å². The molecule has 35 heavy (non-hydrogen) atoms. The highest BCUT2D eigenvalue weighted by atomic mass is 16.1. The van der Waals surface area contributed by atoms with E-state index in [1.54, 1.807) is 6.20 Å². The Morgan fingerprint density at radius 2 is 1.63 bits per heavy atom. The van der Waals surface area contributed by atoms with Crippen molar-refractivity contribution < 1.29 is 4.79 Å². The molecule has 1 saturated heterocycles. The molecular weight excluding hydrogens is 434 g/mol. The number of nitrogens with one attached hydrogen (secondary N) is 1. The van der Waals surface area contributed by atoms with Crippen LogP contribution in [0.25, 0.3) is 28.1 Å². The molecule has 5 aromatic rings. The largest absolute Gasteiger partial charge is 0.372 e. The molecular formula is C29H25N5O. The lowest BCUT2D eigenvalue weighted by Crippen LogP contribution is -2.18. The monoisotopic (exact) mass is 459 g/mol. The molecule has 172 valence electrons. The summed E-state index contributed by atoms with van der Waals surface area (Å²) in [5.41, 5.74) is 6.22. The molecule has 0 saturated carbocycles. The Morgan fingerprint density at radius 1 is 0.829 bits per heavy atom. The van der Waals surface area contributed by atoms with Crippen LogP contribution in [0.5, 0.6) is 0 Å². The van der Waals surface area contributed by atoms with Gasteiger partial charge in [-0.3, -0.25) is 14.3 Å². The number of fused-ring (bicyclic) bond motifs is 1. The third-order valence-corrected chi connectivity index (χ3v) is 6.45. The van der Waals surface area contributed by atoms with Gasteiger partial charge in [0, 0.05) is 41.8 Å². The third kappa shape index (κ3) is 4.15. The lowest BCUT2D eigenvalue weighted by Gasteiger charge is -2.17. The molecule has 3 aromatic carbocycles. The molecule has 0 atom stereocenters. The zero-order valence-electron chi connectivity index (χ0n) is 19.3. The Labute approximate surface area is 203 Å². The van der Waals surface area contributed by atoms with Gasteiger partial charge in [-0.2, -0.15) is 0 Å². The van der Waals surface area contributed by atoms with Crippen LogP contribution in [0.4, 0.5) is 11.4 Å². The van der Waals surface area contributed by atoms with Crippen LogP contribution in [0.1, 0.15) is 23.2 Å². The molecule has 6 rings (SSSR count). The maximum absolute atomic E-state index is 12.9. The average Bonchev–Trinajstić information content (AvgIpc) is 3.58. The summed E-state index contributed by atoms with van der Waals surface area (Å²) in [7, 11) is 0. The topological polar surface area (TPSA) is 63.1 Å². The normalized spacial score (nSPS) is 13.3. The van der Waals surface area contributed by atoms with Crippen LogP contribution < -0.4 is 10.2 Å². The minimum absolute atomic E-state index is 0.132. The molecule has 1 amide bonds. The molecule has 1 N–H and O–H groups in total. The molecule has 1 fully saturated rings. The highest BCUT2D eigenvalue weighted by Gasteiger charge is 2.16. The number of rotatable bonds is 5. The van der Waals surface area contributed by atoms with Gasteiger partial charge in [0.2, 0.25) is 0 Å². The highest BCUT2D eigenvalue weighted by Crippen LogP contribution is 2.30. The fourth-order valence-electron chi connectivity index (χ4n) is 4.69. The van der Waals surface area contributed by atoms with Crippen LogP contribution in [-0.4, -0.2) is 33.5 Å². The van der Waals surface area contributed by atoms with E-state index in [0.29, 0.717) is 11.3 Å². The van der Waals surface area contributed by atoms with Crippen molar-refractivity contribution in [2.45, 2.75) is 12.8 Å². The Balaban J connectivity index is 1.32. The van der Waals surface area contributed by atoms with Gasteiger partial charge in [-0.05, 0) is 67.4 Å². The van der Waals surface area contributed by atoms with Crippen molar-refractivity contribution in [3.05, 3.63) is 103 Å². The molecule has 0 aliphatic carbocycles. The third-order valence-electron chi connectivity index (χ3n) is 6.45. The van der Waals surface area contributed by atoms with Gasteiger partial charge >= 0.3 is 0 Å². The molecule has 0 unspecified atom stereocenters. The second-order valence-electron chi connectivity index (χ2n) is 8.75. The van der Waals surface area contributed by atoms with Gasteiger partial charge in [-0.25, -0.2) is 4.98 Å². The number of pyridine rings is 1. The van der Waals surface area contributed by atoms with Crippen molar-refractivity contribution in [2.24, 2.45) is 0 Å². The smallest absolute Gasteiger partial charge is 0.255 e. The summed E-state index contributed by atoms with van der Waals surface area (Å²) in [6.07, 6.45) is 6.05. The van der Waals surface area contributed by atoms with Gasteiger partial charge in [0.05, 0.1) is 22.9 Å². The van der Waals surface area contributed by atoms with Crippen LogP contribution >= 0.6 is 0 Å². The summed E-state index contributed by atoms with van der Waals surface area (Å²) in [5, 5.41) is 3.03. The summed E-state index contributed by atoms with van der Waals surface area (Å²) >= 11 is 0. The number of aromatic nitrogens is 3. The zero-order chi connectivity index (χ0) is 23.6. The number of carbonyl (C=O) groups is 1. The van der Waals surface area contributed by atoms with Crippen LogP contribution in [0.2, 0.25) is 0 Å². The number of nitrogens with zero attached hydrogens (tertiary/aromatic N) is 4. The molecule has 0 radical (unpaired) electrons. The quantitative estimate of drug-likeness (QED) is 0.353. The predicted octanol–water partition coefficient (Wildman–Crippen LogP) is 5.94. The maximum Gasteiger partial charge on any atom is 0.255 e. The molecule has 0 spiro atoms. The first kappa shape index (κ1) is 21.1. The molecule has 1 aliphatic rings. The van der Waals surface area contributed by atoms with E-state index in [1.165, 1.54) is 18.5 Å². The Bertz CT molecular complexity index is 1470. The molecule has 0 bridgehead atoms. The maximum atomic E-state index is 12.9. The first-order chi connectivity index (χ1) is 17.3. The first-order valence-electron chi connectivity index (χ1n) is 11.9. The number of carbonyl (C=O) groups excluding carboxylic acids is 1. The van der Waals surface area contributed by atoms with Gasteiger partial charge in [0.25, 0.3) is 5.91 Å². The van der Waals surface area contributed by atoms with E-state index in [1.807, 2.05) is 91.1 Å². The predicted molar refractivity (Wildman–Crippen MR) is 140 cm³/mol. The average molecular weight is 460 g/mol. The molecule has 1 aliphatic heterocycles. The Kier molecular flexibility index (Phi) is 5.47. The number of anilines is 2. The highest BCUT2D eigenvalue weighted by molar-refractivity contribution is 6.05. The van der Waals surface area contributed by atoms with E-state index in [9.17, 15) is 4.79 Å². The van der Waals surface area contributed by atoms with Gasteiger partial charge in [0.1, 0.15) is 5.82 Å². The summed E-state index contributed by atoms with van der Waals surface area (Å²) in [5.74, 6) is 0.696. The lowest BCUT2D eigenvalue weighted by atomic mass is 10.1. The summed E-state index contributed by atoms with van der Waals surface area (Å²) in [4.78, 5) is 24.5. The fraction of sp³-hybridized carbons (Fsp3) is 0.138. The van der Waals surface area contributed by atoms with Crippen LogP contribution in [0, 0.1) is 0 Å². The molecule has 2 aromatic heterocycles. The fourth-order valence-corrected chi connectivity index (χ4v) is 4.69. The van der Waals surface area contributed by atoms with Gasteiger partial charge in [-0.15, -0.1) is 0 Å².